The average molecular weight is 399 g/mol. The fourth-order valence-corrected chi connectivity index (χ4v) is 7.54. The fraction of sp³-hybridized carbons (Fsp3) is 0.692. The molecule has 3 N–H and O–H groups in total. The second-order valence-electron chi connectivity index (χ2n) is 10.4. The molecule has 3 nitrogen and oxygen atoms in total. The van der Waals surface area contributed by atoms with Gasteiger partial charge in [0.1, 0.15) is 5.75 Å². The van der Waals surface area contributed by atoms with Crippen LogP contribution in [0, 0.1) is 22.7 Å². The zero-order valence-corrected chi connectivity index (χ0v) is 18.1. The minimum Gasteiger partial charge on any atom is -0.508 e. The molecular formula is C26H38O3. The van der Waals surface area contributed by atoms with E-state index in [-0.39, 0.29) is 23.0 Å². The highest BCUT2D eigenvalue weighted by atomic mass is 16.3. The lowest BCUT2D eigenvalue weighted by molar-refractivity contribution is -0.0813. The Kier molecular flexibility index (Phi) is 5.59. The number of rotatable bonds is 6. The maximum atomic E-state index is 11.0. The minimum atomic E-state index is -0.231. The molecule has 0 amide bonds. The Hall–Kier alpha value is -1.32. The van der Waals surface area contributed by atoms with Crippen molar-refractivity contribution < 1.29 is 15.3 Å². The van der Waals surface area contributed by atoms with E-state index in [0.29, 0.717) is 23.5 Å². The van der Waals surface area contributed by atoms with E-state index >= 15 is 0 Å². The third kappa shape index (κ3) is 3.35. The highest BCUT2D eigenvalue weighted by Crippen LogP contribution is 2.69. The normalized spacial score (nSPS) is 39.3. The topological polar surface area (TPSA) is 60.7 Å². The molecule has 160 valence electrons. The Labute approximate surface area is 175 Å². The molecule has 0 aliphatic heterocycles. The van der Waals surface area contributed by atoms with Crippen LogP contribution in [0.3, 0.4) is 0 Å². The van der Waals surface area contributed by atoms with Crippen LogP contribution in [0.1, 0.15) is 82.3 Å². The number of aliphatic hydroxyl groups is 2. The van der Waals surface area contributed by atoms with Crippen LogP contribution in [-0.4, -0.2) is 27.5 Å². The van der Waals surface area contributed by atoms with Gasteiger partial charge in [-0.15, -0.1) is 6.58 Å². The molecule has 1 aromatic carbocycles. The zero-order chi connectivity index (χ0) is 20.8. The first kappa shape index (κ1) is 20.9. The van der Waals surface area contributed by atoms with Crippen LogP contribution in [0.5, 0.6) is 5.75 Å². The first-order chi connectivity index (χ1) is 13.8. The molecule has 2 fully saturated rings. The minimum absolute atomic E-state index is 0.0311. The summed E-state index contributed by atoms with van der Waals surface area (Å²) in [4.78, 5) is 0. The number of fused-ring (bicyclic) bond motifs is 5. The van der Waals surface area contributed by atoms with Crippen molar-refractivity contribution in [1.82, 2.24) is 0 Å². The number of aromatic hydroxyl groups is 1. The summed E-state index contributed by atoms with van der Waals surface area (Å²) in [6.45, 7) is 8.55. The van der Waals surface area contributed by atoms with Gasteiger partial charge in [0.15, 0.2) is 0 Å². The Bertz CT molecular complexity index is 756. The second kappa shape index (κ2) is 7.74. The highest BCUT2D eigenvalue weighted by Gasteiger charge is 2.63. The molecule has 0 saturated heterocycles. The van der Waals surface area contributed by atoms with Crippen molar-refractivity contribution in [1.29, 1.82) is 0 Å². The Morgan fingerprint density at radius 2 is 2.07 bits per heavy atom. The summed E-state index contributed by atoms with van der Waals surface area (Å²) in [7, 11) is 0. The summed E-state index contributed by atoms with van der Waals surface area (Å²) < 4.78 is 0. The molecular weight excluding hydrogens is 360 g/mol. The molecule has 3 aliphatic rings. The lowest BCUT2D eigenvalue weighted by Gasteiger charge is -2.60. The highest BCUT2D eigenvalue weighted by molar-refractivity contribution is 5.43. The van der Waals surface area contributed by atoms with E-state index in [0.717, 1.165) is 57.8 Å². The van der Waals surface area contributed by atoms with Crippen LogP contribution < -0.4 is 0 Å². The van der Waals surface area contributed by atoms with Crippen molar-refractivity contribution in [3.63, 3.8) is 0 Å². The molecule has 4 rings (SSSR count). The van der Waals surface area contributed by atoms with Gasteiger partial charge in [-0.05, 0) is 104 Å². The van der Waals surface area contributed by atoms with Gasteiger partial charge in [-0.1, -0.05) is 31.9 Å². The number of hydrogen-bond donors (Lipinski definition) is 3. The zero-order valence-electron chi connectivity index (χ0n) is 18.1. The fourth-order valence-electron chi connectivity index (χ4n) is 7.54. The lowest BCUT2D eigenvalue weighted by atomic mass is 9.44. The van der Waals surface area contributed by atoms with Gasteiger partial charge in [0, 0.05) is 0 Å². The Morgan fingerprint density at radius 1 is 1.28 bits per heavy atom. The number of allylic oxidation sites excluding steroid dienone is 1. The van der Waals surface area contributed by atoms with E-state index in [1.165, 1.54) is 11.1 Å². The van der Waals surface area contributed by atoms with Crippen LogP contribution in [0.2, 0.25) is 0 Å². The van der Waals surface area contributed by atoms with Gasteiger partial charge in [-0.3, -0.25) is 0 Å². The molecule has 29 heavy (non-hydrogen) atoms. The molecule has 0 spiro atoms. The Morgan fingerprint density at radius 3 is 2.79 bits per heavy atom. The van der Waals surface area contributed by atoms with E-state index < -0.39 is 0 Å². The van der Waals surface area contributed by atoms with E-state index in [9.17, 15) is 15.3 Å². The lowest BCUT2D eigenvalue weighted by Crippen LogP contribution is -2.54. The van der Waals surface area contributed by atoms with E-state index in [1.807, 2.05) is 19.1 Å². The predicted octanol–water partition coefficient (Wildman–Crippen LogP) is 5.33. The van der Waals surface area contributed by atoms with Crippen molar-refractivity contribution in [2.45, 2.75) is 89.8 Å². The van der Waals surface area contributed by atoms with Crippen molar-refractivity contribution in [2.75, 3.05) is 0 Å². The van der Waals surface area contributed by atoms with E-state index in [2.05, 4.69) is 25.6 Å². The van der Waals surface area contributed by atoms with Crippen molar-refractivity contribution >= 4 is 0 Å². The molecule has 3 heteroatoms. The van der Waals surface area contributed by atoms with Crippen LogP contribution in [0.25, 0.3) is 0 Å². The summed E-state index contributed by atoms with van der Waals surface area (Å²) in [5.74, 6) is 1.75. The summed E-state index contributed by atoms with van der Waals surface area (Å²) in [5.41, 5.74) is 2.69. The monoisotopic (exact) mass is 398 g/mol. The largest absolute Gasteiger partial charge is 0.508 e. The van der Waals surface area contributed by atoms with Crippen LogP contribution in [0.4, 0.5) is 0 Å². The number of aryl methyl sites for hydroxylation is 1. The number of phenols is 1. The first-order valence-corrected chi connectivity index (χ1v) is 11.6. The van der Waals surface area contributed by atoms with Crippen LogP contribution >= 0.6 is 0 Å². The predicted molar refractivity (Wildman–Crippen MR) is 117 cm³/mol. The van der Waals surface area contributed by atoms with Crippen molar-refractivity contribution in [3.05, 3.63) is 42.0 Å². The third-order valence-electron chi connectivity index (χ3n) is 8.80. The number of benzene rings is 1. The molecule has 2 unspecified atom stereocenters. The number of unbranched alkanes of at least 4 members (excludes halogenated alkanes) is 1. The standard InChI is InChI=1S/C26H38O3/c1-4-26-14-13-18-15-20(28)9-10-21(18)24(26)19(8-6-5-7-17(2)27)16-25(3)22(26)11-12-23(25)29/h4,9-10,15,17,19,22-24,27-29H,1,5-8,11-14,16H2,2-3H3/t17?,19?,22-,23+,24-,25+,26+/m1/s1. The van der Waals surface area contributed by atoms with Gasteiger partial charge < -0.3 is 15.3 Å². The SMILES string of the molecule is C=C[C@@]12CCc3cc(O)ccc3[C@H]1C(CCCCC(C)O)C[C@@]1(C)[C@H]2CC[C@@H]1O. The van der Waals surface area contributed by atoms with Gasteiger partial charge in [-0.25, -0.2) is 0 Å². The molecule has 3 aliphatic carbocycles. The van der Waals surface area contributed by atoms with Crippen molar-refractivity contribution in [2.24, 2.45) is 22.7 Å². The van der Waals surface area contributed by atoms with Gasteiger partial charge >= 0.3 is 0 Å². The molecule has 2 saturated carbocycles. The quantitative estimate of drug-likeness (QED) is 0.448. The van der Waals surface area contributed by atoms with Gasteiger partial charge in [0.05, 0.1) is 12.2 Å². The van der Waals surface area contributed by atoms with E-state index in [4.69, 9.17) is 0 Å². The van der Waals surface area contributed by atoms with Crippen LogP contribution in [0.15, 0.2) is 30.9 Å². The number of hydrogen-bond acceptors (Lipinski definition) is 3. The molecule has 0 radical (unpaired) electrons. The molecule has 1 aromatic rings. The first-order valence-electron chi connectivity index (χ1n) is 11.6. The summed E-state index contributed by atoms with van der Waals surface area (Å²) >= 11 is 0. The summed E-state index contributed by atoms with van der Waals surface area (Å²) in [5, 5.41) is 30.7. The Balaban J connectivity index is 1.72. The summed E-state index contributed by atoms with van der Waals surface area (Å²) in [6.07, 6.45) is 11.0. The average Bonchev–Trinajstić information content (AvgIpc) is 2.99. The number of phenolic OH excluding ortho intramolecular Hbond substituents is 1. The number of aliphatic hydroxyl groups excluding tert-OH is 2. The van der Waals surface area contributed by atoms with Gasteiger partial charge in [0.2, 0.25) is 0 Å². The summed E-state index contributed by atoms with van der Waals surface area (Å²) in [6, 6.07) is 5.97. The van der Waals surface area contributed by atoms with Crippen LogP contribution in [-0.2, 0) is 6.42 Å². The maximum absolute atomic E-state index is 11.0. The maximum Gasteiger partial charge on any atom is 0.115 e. The van der Waals surface area contributed by atoms with Gasteiger partial charge in [0.25, 0.3) is 0 Å². The smallest absolute Gasteiger partial charge is 0.115 e. The van der Waals surface area contributed by atoms with E-state index in [1.54, 1.807) is 0 Å². The molecule has 7 atom stereocenters. The molecule has 0 aromatic heterocycles. The molecule has 0 bridgehead atoms. The third-order valence-corrected chi connectivity index (χ3v) is 8.80. The van der Waals surface area contributed by atoms with Crippen molar-refractivity contribution in [3.8, 4) is 5.75 Å². The molecule has 0 heterocycles. The second-order valence-corrected chi connectivity index (χ2v) is 10.4. The van der Waals surface area contributed by atoms with Gasteiger partial charge in [-0.2, -0.15) is 0 Å².